The third-order valence-electron chi connectivity index (χ3n) is 4.42. The van der Waals surface area contributed by atoms with E-state index in [9.17, 15) is 9.50 Å². The summed E-state index contributed by atoms with van der Waals surface area (Å²) < 4.78 is 13.2. The fourth-order valence-corrected chi connectivity index (χ4v) is 2.98. The largest absolute Gasteiger partial charge is 0.393 e. The van der Waals surface area contributed by atoms with Crippen LogP contribution in [0.4, 0.5) is 4.39 Å². The predicted octanol–water partition coefficient (Wildman–Crippen LogP) is 5.54. The predicted molar refractivity (Wildman–Crippen MR) is 91.3 cm³/mol. The van der Waals surface area contributed by atoms with Crippen LogP contribution >= 0.6 is 0 Å². The maximum Gasteiger partial charge on any atom is 0.118 e. The molecule has 22 heavy (non-hydrogen) atoms. The second kappa shape index (κ2) is 8.09. The molecule has 2 heteroatoms. The molecule has 0 aliphatic heterocycles. The molecule has 0 heterocycles. The van der Waals surface area contributed by atoms with Gasteiger partial charge in [0.15, 0.2) is 0 Å². The number of hydrogen-bond acceptors (Lipinski definition) is 1. The van der Waals surface area contributed by atoms with Gasteiger partial charge in [0.05, 0.1) is 6.10 Å². The lowest BCUT2D eigenvalue weighted by molar-refractivity contribution is 0.122. The van der Waals surface area contributed by atoms with Gasteiger partial charge in [0.2, 0.25) is 0 Å². The van der Waals surface area contributed by atoms with Crippen molar-refractivity contribution in [3.63, 3.8) is 0 Å². The zero-order chi connectivity index (χ0) is 15.9. The number of rotatable bonds is 4. The Kier molecular flexibility index (Phi) is 6.14. The van der Waals surface area contributed by atoms with Gasteiger partial charge < -0.3 is 5.11 Å². The maximum atomic E-state index is 13.2. The topological polar surface area (TPSA) is 20.2 Å². The first kappa shape index (κ1) is 16.7. The molecule has 0 saturated heterocycles. The van der Waals surface area contributed by atoms with Crippen molar-refractivity contribution in [2.75, 3.05) is 0 Å². The average molecular weight is 300 g/mol. The van der Waals surface area contributed by atoms with Gasteiger partial charge in [-0.3, -0.25) is 0 Å². The molecule has 1 saturated carbocycles. The minimum atomic E-state index is -0.225. The number of hydrogen-bond donors (Lipinski definition) is 1. The Balaban J connectivity index is 2.09. The first-order valence-corrected chi connectivity index (χ1v) is 8.08. The minimum Gasteiger partial charge on any atom is -0.393 e. The molecule has 1 N–H and O–H groups in total. The van der Waals surface area contributed by atoms with Gasteiger partial charge in [0.1, 0.15) is 5.83 Å². The molecule has 0 amide bonds. The number of allylic oxidation sites excluding steroid dienone is 6. The molecule has 1 aliphatic carbocycles. The molecule has 0 aromatic heterocycles. The smallest absolute Gasteiger partial charge is 0.118 e. The van der Waals surface area contributed by atoms with Gasteiger partial charge in [0.25, 0.3) is 0 Å². The van der Waals surface area contributed by atoms with E-state index in [2.05, 4.69) is 24.3 Å². The maximum absolute atomic E-state index is 13.2. The fraction of sp³-hybridized carbons (Fsp3) is 0.400. The van der Waals surface area contributed by atoms with Crippen molar-refractivity contribution in [1.29, 1.82) is 0 Å². The Morgan fingerprint density at radius 2 is 1.64 bits per heavy atom. The van der Waals surface area contributed by atoms with Crippen LogP contribution in [0.2, 0.25) is 0 Å². The molecule has 1 aromatic carbocycles. The lowest BCUT2D eigenvalue weighted by atomic mass is 9.82. The van der Waals surface area contributed by atoms with Crippen LogP contribution in [0.15, 0.2) is 54.4 Å². The summed E-state index contributed by atoms with van der Waals surface area (Å²) >= 11 is 0. The van der Waals surface area contributed by atoms with Crippen molar-refractivity contribution in [2.24, 2.45) is 0 Å². The van der Waals surface area contributed by atoms with Crippen molar-refractivity contribution in [1.82, 2.24) is 0 Å². The van der Waals surface area contributed by atoms with E-state index in [1.807, 2.05) is 13.0 Å². The van der Waals surface area contributed by atoms with Gasteiger partial charge in [-0.25, -0.2) is 4.39 Å². The molecule has 0 bridgehead atoms. The SMILES string of the molecule is C\C=C(F)/C=C\C(=C/C)c1ccc(C2CCC(O)CC2)cc1. The Hall–Kier alpha value is -1.67. The van der Waals surface area contributed by atoms with Crippen molar-refractivity contribution >= 4 is 5.57 Å². The molecule has 0 spiro atoms. The van der Waals surface area contributed by atoms with Crippen molar-refractivity contribution < 1.29 is 9.50 Å². The number of halogens is 1. The summed E-state index contributed by atoms with van der Waals surface area (Å²) in [4.78, 5) is 0. The highest BCUT2D eigenvalue weighted by atomic mass is 19.1. The van der Waals surface area contributed by atoms with E-state index in [-0.39, 0.29) is 11.9 Å². The number of aliphatic hydroxyl groups excluding tert-OH is 1. The first-order chi connectivity index (χ1) is 10.6. The highest BCUT2D eigenvalue weighted by Crippen LogP contribution is 2.33. The summed E-state index contributed by atoms with van der Waals surface area (Å²) in [6, 6.07) is 8.54. The van der Waals surface area contributed by atoms with Gasteiger partial charge in [-0.1, -0.05) is 42.5 Å². The third-order valence-corrected chi connectivity index (χ3v) is 4.42. The van der Waals surface area contributed by atoms with Gasteiger partial charge in [0, 0.05) is 0 Å². The number of benzene rings is 1. The van der Waals surface area contributed by atoms with Gasteiger partial charge in [-0.2, -0.15) is 0 Å². The Morgan fingerprint density at radius 1 is 1.00 bits per heavy atom. The van der Waals surface area contributed by atoms with Crippen LogP contribution in [0.3, 0.4) is 0 Å². The highest BCUT2D eigenvalue weighted by molar-refractivity contribution is 5.74. The molecule has 1 aromatic rings. The summed E-state index contributed by atoms with van der Waals surface area (Å²) in [7, 11) is 0. The van der Waals surface area contributed by atoms with Crippen LogP contribution in [0.25, 0.3) is 5.57 Å². The summed E-state index contributed by atoms with van der Waals surface area (Å²) in [5.41, 5.74) is 3.46. The van der Waals surface area contributed by atoms with Crippen LogP contribution in [0.5, 0.6) is 0 Å². The molecule has 0 radical (unpaired) electrons. The van der Waals surface area contributed by atoms with E-state index in [1.165, 1.54) is 17.7 Å². The molecular formula is C20H25FO. The van der Waals surface area contributed by atoms with Crippen molar-refractivity contribution in [3.05, 3.63) is 65.5 Å². The molecule has 0 atom stereocenters. The van der Waals surface area contributed by atoms with Crippen LogP contribution in [-0.2, 0) is 0 Å². The van der Waals surface area contributed by atoms with Crippen molar-refractivity contribution in [2.45, 2.75) is 51.6 Å². The minimum absolute atomic E-state index is 0.114. The van der Waals surface area contributed by atoms with Gasteiger partial charge in [-0.05, 0) is 68.2 Å². The zero-order valence-corrected chi connectivity index (χ0v) is 13.4. The molecule has 0 unspecified atom stereocenters. The monoisotopic (exact) mass is 300 g/mol. The molecule has 1 aliphatic rings. The summed E-state index contributed by atoms with van der Waals surface area (Å²) in [6.07, 6.45) is 10.5. The van der Waals surface area contributed by atoms with E-state index in [0.29, 0.717) is 5.92 Å². The molecule has 1 fully saturated rings. The normalized spacial score (nSPS) is 24.0. The highest BCUT2D eigenvalue weighted by Gasteiger charge is 2.20. The fourth-order valence-electron chi connectivity index (χ4n) is 2.98. The van der Waals surface area contributed by atoms with Gasteiger partial charge >= 0.3 is 0 Å². The molecule has 118 valence electrons. The van der Waals surface area contributed by atoms with Gasteiger partial charge in [-0.15, -0.1) is 0 Å². The summed E-state index contributed by atoms with van der Waals surface area (Å²) in [5, 5.41) is 9.60. The van der Waals surface area contributed by atoms with Crippen LogP contribution in [0.1, 0.15) is 56.6 Å². The van der Waals surface area contributed by atoms with Crippen LogP contribution in [-0.4, -0.2) is 11.2 Å². The van der Waals surface area contributed by atoms with Crippen LogP contribution < -0.4 is 0 Å². The Morgan fingerprint density at radius 3 is 2.18 bits per heavy atom. The first-order valence-electron chi connectivity index (χ1n) is 8.08. The van der Waals surface area contributed by atoms with Crippen molar-refractivity contribution in [3.8, 4) is 0 Å². The van der Waals surface area contributed by atoms with E-state index in [4.69, 9.17) is 0 Å². The average Bonchev–Trinajstić information content (AvgIpc) is 2.56. The lowest BCUT2D eigenvalue weighted by Crippen LogP contribution is -2.16. The zero-order valence-electron chi connectivity index (χ0n) is 13.4. The third kappa shape index (κ3) is 4.41. The van der Waals surface area contributed by atoms with E-state index < -0.39 is 0 Å². The number of aliphatic hydroxyl groups is 1. The van der Waals surface area contributed by atoms with E-state index in [1.54, 1.807) is 13.0 Å². The Labute approximate surface area is 132 Å². The second-order valence-corrected chi connectivity index (χ2v) is 5.88. The van der Waals surface area contributed by atoms with Crippen LogP contribution in [0, 0.1) is 0 Å². The van der Waals surface area contributed by atoms with E-state index in [0.717, 1.165) is 36.8 Å². The van der Waals surface area contributed by atoms with E-state index >= 15 is 0 Å². The Bertz CT molecular complexity index is 558. The molecule has 2 rings (SSSR count). The summed E-state index contributed by atoms with van der Waals surface area (Å²) in [5.74, 6) is 0.333. The quantitative estimate of drug-likeness (QED) is 0.724. The summed E-state index contributed by atoms with van der Waals surface area (Å²) in [6.45, 7) is 3.65. The molecular weight excluding hydrogens is 275 g/mol. The lowest BCUT2D eigenvalue weighted by Gasteiger charge is -2.25. The second-order valence-electron chi connectivity index (χ2n) is 5.88. The standard InChI is InChI=1S/C20H25FO/c1-3-15(9-12-19(21)4-2)16-5-7-17(8-6-16)18-10-13-20(22)14-11-18/h3-9,12,18,20,22H,10-11,13-14H2,1-2H3/b12-9-,15-3+,19-4+. The molecule has 1 nitrogen and oxygen atoms in total.